The maximum atomic E-state index is 12.1. The first-order chi connectivity index (χ1) is 9.90. The van der Waals surface area contributed by atoms with E-state index in [-0.39, 0.29) is 17.1 Å². The Morgan fingerprint density at radius 1 is 1.33 bits per heavy atom. The van der Waals surface area contributed by atoms with Gasteiger partial charge in [0.15, 0.2) is 5.03 Å². The van der Waals surface area contributed by atoms with Gasteiger partial charge >= 0.3 is 5.97 Å². The van der Waals surface area contributed by atoms with Crippen LogP contribution in [0.4, 0.5) is 5.69 Å². The van der Waals surface area contributed by atoms with Crippen LogP contribution in [0.2, 0.25) is 0 Å². The molecule has 8 nitrogen and oxygen atoms in total. The minimum atomic E-state index is -3.76. The highest BCUT2D eigenvalue weighted by molar-refractivity contribution is 7.92. The Balaban J connectivity index is 2.14. The van der Waals surface area contributed by atoms with Gasteiger partial charge in [0.25, 0.3) is 10.0 Å². The molecule has 2 aromatic rings. The van der Waals surface area contributed by atoms with Crippen LogP contribution in [0.15, 0.2) is 29.6 Å². The maximum Gasteiger partial charge on any atom is 0.309 e. The monoisotopic (exact) mass is 310 g/mol. The van der Waals surface area contributed by atoms with E-state index in [2.05, 4.69) is 19.7 Å². The highest BCUT2D eigenvalue weighted by Gasteiger charge is 2.17. The smallest absolute Gasteiger partial charge is 0.309 e. The van der Waals surface area contributed by atoms with E-state index in [1.54, 1.807) is 0 Å². The molecule has 0 aromatic carbocycles. The second kappa shape index (κ2) is 5.92. The summed E-state index contributed by atoms with van der Waals surface area (Å²) in [5.41, 5.74) is 0.594. The number of rotatable bonds is 6. The maximum absolute atomic E-state index is 12.1. The number of aryl methyl sites for hydroxylation is 1. The van der Waals surface area contributed by atoms with E-state index in [0.29, 0.717) is 17.9 Å². The van der Waals surface area contributed by atoms with Gasteiger partial charge in [-0.1, -0.05) is 6.92 Å². The van der Waals surface area contributed by atoms with Crippen LogP contribution in [0, 0.1) is 0 Å². The molecule has 2 rings (SSSR count). The van der Waals surface area contributed by atoms with Gasteiger partial charge in [0.1, 0.15) is 5.82 Å². The number of carbonyl (C=O) groups is 1. The minimum Gasteiger partial charge on any atom is -0.481 e. The van der Waals surface area contributed by atoms with Crippen LogP contribution in [-0.2, 0) is 27.7 Å². The third-order valence-electron chi connectivity index (χ3n) is 2.64. The summed E-state index contributed by atoms with van der Waals surface area (Å²) in [5, 5.41) is 8.60. The predicted molar refractivity (Wildman–Crippen MR) is 74.4 cm³/mol. The van der Waals surface area contributed by atoms with Crippen molar-refractivity contribution in [3.63, 3.8) is 0 Å². The van der Waals surface area contributed by atoms with Crippen molar-refractivity contribution in [3.8, 4) is 0 Å². The number of aromatic nitrogens is 3. The van der Waals surface area contributed by atoms with E-state index in [4.69, 9.17) is 5.11 Å². The Bertz CT molecular complexity index is 737. The Morgan fingerprint density at radius 3 is 2.62 bits per heavy atom. The number of pyridine rings is 1. The molecular formula is C12H14N4O4S. The summed E-state index contributed by atoms with van der Waals surface area (Å²) in [4.78, 5) is 21.1. The number of carboxylic acid groups (broad SMARTS) is 1. The van der Waals surface area contributed by atoms with Crippen LogP contribution in [-0.4, -0.2) is 34.4 Å². The molecule has 0 spiro atoms. The van der Waals surface area contributed by atoms with E-state index in [0.717, 1.165) is 0 Å². The molecule has 2 heterocycles. The molecule has 112 valence electrons. The third kappa shape index (κ3) is 3.78. The zero-order valence-electron chi connectivity index (χ0n) is 11.2. The molecule has 0 aliphatic carbocycles. The number of aromatic amines is 1. The second-order valence-electron chi connectivity index (χ2n) is 4.26. The van der Waals surface area contributed by atoms with Gasteiger partial charge in [-0.3, -0.25) is 14.5 Å². The Morgan fingerprint density at radius 2 is 2.10 bits per heavy atom. The van der Waals surface area contributed by atoms with Gasteiger partial charge in [-0.15, -0.1) is 0 Å². The summed E-state index contributed by atoms with van der Waals surface area (Å²) < 4.78 is 26.5. The largest absolute Gasteiger partial charge is 0.481 e. The summed E-state index contributed by atoms with van der Waals surface area (Å²) in [6, 6.07) is 2.91. The summed E-state index contributed by atoms with van der Waals surface area (Å²) in [6.45, 7) is 1.85. The van der Waals surface area contributed by atoms with Gasteiger partial charge in [0.2, 0.25) is 0 Å². The molecule has 0 bridgehead atoms. The minimum absolute atomic E-state index is 0.0334. The van der Waals surface area contributed by atoms with Crippen LogP contribution in [0.3, 0.4) is 0 Å². The van der Waals surface area contributed by atoms with Gasteiger partial charge in [0, 0.05) is 6.42 Å². The standard InChI is InChI=1S/C12H14N4O4S/c1-2-10-14-7-11(15-10)21(19,20)16-9-4-3-8(13-6-9)5-12(17)18/h3-4,6-7,16H,2,5H2,1H3,(H,14,15)(H,17,18). The van der Waals surface area contributed by atoms with Crippen molar-refractivity contribution >= 4 is 21.7 Å². The van der Waals surface area contributed by atoms with Crippen LogP contribution < -0.4 is 4.72 Å². The van der Waals surface area contributed by atoms with Crippen molar-refractivity contribution < 1.29 is 18.3 Å². The zero-order chi connectivity index (χ0) is 15.5. The number of aliphatic carboxylic acids is 1. The number of sulfonamides is 1. The number of hydrogen-bond acceptors (Lipinski definition) is 5. The lowest BCUT2D eigenvalue weighted by Gasteiger charge is -2.06. The highest BCUT2D eigenvalue weighted by Crippen LogP contribution is 2.14. The summed E-state index contributed by atoms with van der Waals surface area (Å²) >= 11 is 0. The van der Waals surface area contributed by atoms with E-state index in [9.17, 15) is 13.2 Å². The van der Waals surface area contributed by atoms with Gasteiger partial charge in [-0.2, -0.15) is 8.42 Å². The number of imidazole rings is 1. The fourth-order valence-corrected chi connectivity index (χ4v) is 2.60. The fourth-order valence-electron chi connectivity index (χ4n) is 1.61. The van der Waals surface area contributed by atoms with Gasteiger partial charge in [-0.25, -0.2) is 4.98 Å². The van der Waals surface area contributed by atoms with Crippen molar-refractivity contribution in [2.24, 2.45) is 0 Å². The number of nitrogens with one attached hydrogen (secondary N) is 2. The second-order valence-corrected chi connectivity index (χ2v) is 5.91. The number of hydrogen-bond donors (Lipinski definition) is 3. The van der Waals surface area contributed by atoms with Gasteiger partial charge < -0.3 is 10.1 Å². The van der Waals surface area contributed by atoms with E-state index in [1.165, 1.54) is 24.5 Å². The first-order valence-corrected chi connectivity index (χ1v) is 7.62. The van der Waals surface area contributed by atoms with Gasteiger partial charge in [-0.05, 0) is 12.1 Å². The Kier molecular flexibility index (Phi) is 4.22. The molecule has 9 heteroatoms. The molecule has 0 radical (unpaired) electrons. The molecule has 0 atom stereocenters. The molecule has 21 heavy (non-hydrogen) atoms. The first-order valence-electron chi connectivity index (χ1n) is 6.14. The SMILES string of the molecule is CCc1ncc(S(=O)(=O)Nc2ccc(CC(=O)O)nc2)[nH]1. The van der Waals surface area contributed by atoms with Crippen molar-refractivity contribution in [2.75, 3.05) is 4.72 Å². The van der Waals surface area contributed by atoms with Crippen molar-refractivity contribution in [2.45, 2.75) is 24.8 Å². The average Bonchev–Trinajstić information content (AvgIpc) is 2.90. The number of nitrogens with zero attached hydrogens (tertiary/aromatic N) is 2. The fraction of sp³-hybridized carbons (Fsp3) is 0.250. The molecular weight excluding hydrogens is 296 g/mol. The van der Waals surface area contributed by atoms with Crippen molar-refractivity contribution in [1.82, 2.24) is 15.0 Å². The molecule has 3 N–H and O–H groups in total. The number of anilines is 1. The van der Waals surface area contributed by atoms with Gasteiger partial charge in [0.05, 0.1) is 30.2 Å². The Hall–Kier alpha value is -2.42. The van der Waals surface area contributed by atoms with Crippen LogP contribution in [0.1, 0.15) is 18.4 Å². The lowest BCUT2D eigenvalue weighted by atomic mass is 10.3. The molecule has 0 fully saturated rings. The van der Waals surface area contributed by atoms with Crippen LogP contribution >= 0.6 is 0 Å². The Labute approximate surface area is 121 Å². The molecule has 0 aliphatic heterocycles. The van der Waals surface area contributed by atoms with Crippen LogP contribution in [0.5, 0.6) is 0 Å². The number of H-pyrrole nitrogens is 1. The normalized spacial score (nSPS) is 11.3. The molecule has 0 amide bonds. The predicted octanol–water partition coefficient (Wildman–Crippen LogP) is 0.795. The highest BCUT2D eigenvalue weighted by atomic mass is 32.2. The first kappa shape index (κ1) is 15.0. The lowest BCUT2D eigenvalue weighted by molar-refractivity contribution is -0.136. The molecule has 0 unspecified atom stereocenters. The quantitative estimate of drug-likeness (QED) is 0.724. The lowest BCUT2D eigenvalue weighted by Crippen LogP contribution is -2.14. The summed E-state index contributed by atoms with van der Waals surface area (Å²) in [5.74, 6) is -0.425. The average molecular weight is 310 g/mol. The summed E-state index contributed by atoms with van der Waals surface area (Å²) in [6.07, 6.45) is 2.90. The zero-order valence-corrected chi connectivity index (χ0v) is 12.0. The molecule has 0 saturated carbocycles. The molecule has 0 aliphatic rings. The van der Waals surface area contributed by atoms with E-state index in [1.807, 2.05) is 6.92 Å². The summed E-state index contributed by atoms with van der Waals surface area (Å²) in [7, 11) is -3.76. The van der Waals surface area contributed by atoms with E-state index >= 15 is 0 Å². The molecule has 0 saturated heterocycles. The molecule has 2 aromatic heterocycles. The van der Waals surface area contributed by atoms with Crippen molar-refractivity contribution in [3.05, 3.63) is 36.0 Å². The number of carboxylic acids is 1. The van der Waals surface area contributed by atoms with E-state index < -0.39 is 16.0 Å². The van der Waals surface area contributed by atoms with Crippen molar-refractivity contribution in [1.29, 1.82) is 0 Å². The topological polar surface area (TPSA) is 125 Å². The third-order valence-corrected chi connectivity index (χ3v) is 3.93. The van der Waals surface area contributed by atoms with Crippen LogP contribution in [0.25, 0.3) is 0 Å².